The van der Waals surface area contributed by atoms with Gasteiger partial charge in [-0.2, -0.15) is 0 Å². The van der Waals surface area contributed by atoms with Gasteiger partial charge in [-0.1, -0.05) is 11.6 Å². The van der Waals surface area contributed by atoms with E-state index in [1.54, 1.807) is 0 Å². The zero-order valence-electron chi connectivity index (χ0n) is 11.2. The third-order valence-electron chi connectivity index (χ3n) is 3.51. The van der Waals surface area contributed by atoms with Crippen LogP contribution in [0.2, 0.25) is 4.34 Å². The maximum Gasteiger partial charge on any atom is 0.227 e. The summed E-state index contributed by atoms with van der Waals surface area (Å²) >= 11 is 7.43. The second-order valence-corrected chi connectivity index (χ2v) is 6.92. The lowest BCUT2D eigenvalue weighted by molar-refractivity contribution is -0.131. The third-order valence-corrected chi connectivity index (χ3v) is 4.93. The Labute approximate surface area is 129 Å². The molecule has 1 aliphatic heterocycles. The highest BCUT2D eigenvalue weighted by atomic mass is 35.5. The van der Waals surface area contributed by atoms with Gasteiger partial charge in [0.25, 0.3) is 0 Å². The van der Waals surface area contributed by atoms with Crippen LogP contribution in [-0.2, 0) is 4.79 Å². The second-order valence-electron chi connectivity index (χ2n) is 5.18. The lowest BCUT2D eigenvalue weighted by Gasteiger charge is -2.33. The number of amides is 1. The standard InChI is InChI=1S/C13H19ClN2OS.ClH/c1-9(10-4-5-11(14)18-10)16-12(17)13(2)6-3-7-15-8-13;/h4-5,9,15H,3,6-8H2,1-2H3,(H,16,17);1H. The van der Waals surface area contributed by atoms with Crippen molar-refractivity contribution < 1.29 is 4.79 Å². The molecule has 2 heterocycles. The summed E-state index contributed by atoms with van der Waals surface area (Å²) in [6, 6.07) is 3.86. The Morgan fingerprint density at radius 1 is 1.58 bits per heavy atom. The molecule has 0 radical (unpaired) electrons. The van der Waals surface area contributed by atoms with Gasteiger partial charge in [-0.25, -0.2) is 0 Å². The highest BCUT2D eigenvalue weighted by molar-refractivity contribution is 7.16. The normalized spacial score (nSPS) is 24.4. The van der Waals surface area contributed by atoms with Crippen molar-refractivity contribution in [3.8, 4) is 0 Å². The van der Waals surface area contributed by atoms with Crippen LogP contribution in [-0.4, -0.2) is 19.0 Å². The van der Waals surface area contributed by atoms with Gasteiger partial charge in [0, 0.05) is 11.4 Å². The maximum atomic E-state index is 12.3. The fourth-order valence-corrected chi connectivity index (χ4v) is 3.32. The number of carbonyl (C=O) groups excluding carboxylic acids is 1. The molecule has 0 spiro atoms. The van der Waals surface area contributed by atoms with Crippen molar-refractivity contribution in [3.05, 3.63) is 21.3 Å². The molecule has 0 saturated carbocycles. The van der Waals surface area contributed by atoms with Gasteiger partial charge in [-0.3, -0.25) is 4.79 Å². The number of rotatable bonds is 3. The SMILES string of the molecule is CC(NC(=O)C1(C)CCCNC1)c1ccc(Cl)s1.Cl. The van der Waals surface area contributed by atoms with Gasteiger partial charge in [-0.15, -0.1) is 23.7 Å². The summed E-state index contributed by atoms with van der Waals surface area (Å²) < 4.78 is 0.761. The Morgan fingerprint density at radius 3 is 2.84 bits per heavy atom. The molecule has 2 N–H and O–H groups in total. The Kier molecular flexibility index (Phi) is 6.12. The summed E-state index contributed by atoms with van der Waals surface area (Å²) in [6.45, 7) is 5.80. The van der Waals surface area contributed by atoms with Crippen LogP contribution in [0.1, 0.15) is 37.6 Å². The molecule has 2 unspecified atom stereocenters. The summed E-state index contributed by atoms with van der Waals surface area (Å²) in [6.07, 6.45) is 2.01. The number of hydrogen-bond acceptors (Lipinski definition) is 3. The van der Waals surface area contributed by atoms with Crippen LogP contribution in [0.25, 0.3) is 0 Å². The van der Waals surface area contributed by atoms with E-state index < -0.39 is 0 Å². The Hall–Kier alpha value is -0.290. The lowest BCUT2D eigenvalue weighted by Crippen LogP contribution is -2.49. The van der Waals surface area contributed by atoms with Crippen molar-refractivity contribution in [1.29, 1.82) is 0 Å². The number of hydrogen-bond donors (Lipinski definition) is 2. The van der Waals surface area contributed by atoms with Crippen molar-refractivity contribution in [2.24, 2.45) is 5.41 Å². The van der Waals surface area contributed by atoms with E-state index in [0.717, 1.165) is 35.1 Å². The number of thiophene rings is 1. The molecule has 0 bridgehead atoms. The summed E-state index contributed by atoms with van der Waals surface area (Å²) in [7, 11) is 0. The van der Waals surface area contributed by atoms with Gasteiger partial charge in [-0.05, 0) is 45.4 Å². The average Bonchev–Trinajstić information content (AvgIpc) is 2.77. The minimum atomic E-state index is -0.284. The third kappa shape index (κ3) is 4.09. The van der Waals surface area contributed by atoms with Crippen LogP contribution in [0.5, 0.6) is 0 Å². The van der Waals surface area contributed by atoms with E-state index in [1.807, 2.05) is 26.0 Å². The van der Waals surface area contributed by atoms with Crippen LogP contribution in [0.3, 0.4) is 0 Å². The molecule has 1 aromatic heterocycles. The predicted molar refractivity (Wildman–Crippen MR) is 83.3 cm³/mol. The summed E-state index contributed by atoms with van der Waals surface area (Å²) in [5, 5.41) is 6.39. The molecule has 1 fully saturated rings. The summed E-state index contributed by atoms with van der Waals surface area (Å²) in [5.74, 6) is 0.131. The van der Waals surface area contributed by atoms with Crippen molar-refractivity contribution in [2.75, 3.05) is 13.1 Å². The predicted octanol–water partition coefficient (Wildman–Crippen LogP) is 3.39. The molecule has 1 amide bonds. The number of piperidine rings is 1. The highest BCUT2D eigenvalue weighted by Crippen LogP contribution is 2.29. The van der Waals surface area contributed by atoms with E-state index in [9.17, 15) is 4.79 Å². The minimum absolute atomic E-state index is 0. The van der Waals surface area contributed by atoms with Crippen molar-refractivity contribution in [3.63, 3.8) is 0 Å². The summed E-state index contributed by atoms with van der Waals surface area (Å²) in [5.41, 5.74) is -0.284. The fraction of sp³-hybridized carbons (Fsp3) is 0.615. The molecule has 2 rings (SSSR count). The molecule has 2 atom stereocenters. The van der Waals surface area contributed by atoms with Crippen LogP contribution in [0.4, 0.5) is 0 Å². The summed E-state index contributed by atoms with van der Waals surface area (Å²) in [4.78, 5) is 13.4. The Balaban J connectivity index is 0.00000180. The molecule has 1 aromatic rings. The van der Waals surface area contributed by atoms with E-state index in [-0.39, 0.29) is 29.8 Å². The lowest BCUT2D eigenvalue weighted by atomic mass is 9.81. The first kappa shape index (κ1) is 16.8. The van der Waals surface area contributed by atoms with E-state index in [0.29, 0.717) is 0 Å². The van der Waals surface area contributed by atoms with E-state index in [1.165, 1.54) is 11.3 Å². The quantitative estimate of drug-likeness (QED) is 0.895. The van der Waals surface area contributed by atoms with Crippen LogP contribution in [0, 0.1) is 5.41 Å². The molecule has 108 valence electrons. The van der Waals surface area contributed by atoms with Gasteiger partial charge in [0.2, 0.25) is 5.91 Å². The largest absolute Gasteiger partial charge is 0.348 e. The minimum Gasteiger partial charge on any atom is -0.348 e. The topological polar surface area (TPSA) is 41.1 Å². The van der Waals surface area contributed by atoms with Gasteiger partial charge < -0.3 is 10.6 Å². The van der Waals surface area contributed by atoms with Crippen molar-refractivity contribution >= 4 is 41.3 Å². The first-order chi connectivity index (χ1) is 8.51. The van der Waals surface area contributed by atoms with Crippen LogP contribution >= 0.6 is 35.3 Å². The fourth-order valence-electron chi connectivity index (χ4n) is 2.25. The molecule has 1 saturated heterocycles. The molecule has 0 aromatic carbocycles. The van der Waals surface area contributed by atoms with Crippen LogP contribution < -0.4 is 10.6 Å². The molecular weight excluding hydrogens is 303 g/mol. The Bertz CT molecular complexity index is 430. The maximum absolute atomic E-state index is 12.3. The zero-order valence-corrected chi connectivity index (χ0v) is 13.6. The highest BCUT2D eigenvalue weighted by Gasteiger charge is 2.35. The first-order valence-electron chi connectivity index (χ1n) is 6.28. The van der Waals surface area contributed by atoms with Crippen molar-refractivity contribution in [1.82, 2.24) is 10.6 Å². The van der Waals surface area contributed by atoms with Gasteiger partial charge in [0.1, 0.15) is 0 Å². The van der Waals surface area contributed by atoms with Gasteiger partial charge >= 0.3 is 0 Å². The number of carbonyl (C=O) groups is 1. The van der Waals surface area contributed by atoms with Crippen LogP contribution in [0.15, 0.2) is 12.1 Å². The van der Waals surface area contributed by atoms with Gasteiger partial charge in [0.15, 0.2) is 0 Å². The first-order valence-corrected chi connectivity index (χ1v) is 7.48. The zero-order chi connectivity index (χ0) is 13.2. The number of nitrogens with one attached hydrogen (secondary N) is 2. The number of halogens is 2. The van der Waals surface area contributed by atoms with E-state index in [2.05, 4.69) is 10.6 Å². The van der Waals surface area contributed by atoms with Crippen molar-refractivity contribution in [2.45, 2.75) is 32.7 Å². The molecule has 19 heavy (non-hydrogen) atoms. The molecule has 0 aliphatic carbocycles. The average molecular weight is 323 g/mol. The Morgan fingerprint density at radius 2 is 2.32 bits per heavy atom. The molecule has 6 heteroatoms. The van der Waals surface area contributed by atoms with Gasteiger partial charge in [0.05, 0.1) is 15.8 Å². The molecular formula is C13H20Cl2N2OS. The monoisotopic (exact) mass is 322 g/mol. The molecule has 1 aliphatic rings. The molecule has 3 nitrogen and oxygen atoms in total. The van der Waals surface area contributed by atoms with E-state index in [4.69, 9.17) is 11.6 Å². The smallest absolute Gasteiger partial charge is 0.227 e. The second kappa shape index (κ2) is 6.93. The van der Waals surface area contributed by atoms with E-state index >= 15 is 0 Å².